The van der Waals surface area contributed by atoms with Gasteiger partial charge in [-0.25, -0.2) is 13.4 Å². The first-order valence-corrected chi connectivity index (χ1v) is 9.34. The molecular weight excluding hydrogens is 366 g/mol. The SMILES string of the molecule is CCCS(=O)(=O)Nc1ccc(Nc2ccc(Br)cc2C)nc1. The van der Waals surface area contributed by atoms with Crippen LogP contribution in [-0.4, -0.2) is 19.2 Å². The maximum atomic E-state index is 11.7. The van der Waals surface area contributed by atoms with Gasteiger partial charge >= 0.3 is 0 Å². The zero-order valence-corrected chi connectivity index (χ0v) is 14.8. The van der Waals surface area contributed by atoms with E-state index in [-0.39, 0.29) is 5.75 Å². The molecule has 0 saturated carbocycles. The van der Waals surface area contributed by atoms with E-state index in [1.807, 2.05) is 32.0 Å². The smallest absolute Gasteiger partial charge is 0.232 e. The van der Waals surface area contributed by atoms with Crippen molar-refractivity contribution < 1.29 is 8.42 Å². The van der Waals surface area contributed by atoms with Crippen molar-refractivity contribution in [3.8, 4) is 0 Å². The quantitative estimate of drug-likeness (QED) is 0.788. The number of pyridine rings is 1. The minimum Gasteiger partial charge on any atom is -0.340 e. The van der Waals surface area contributed by atoms with Gasteiger partial charge in [0, 0.05) is 10.2 Å². The van der Waals surface area contributed by atoms with Gasteiger partial charge in [-0.1, -0.05) is 22.9 Å². The fraction of sp³-hybridized carbons (Fsp3) is 0.267. The summed E-state index contributed by atoms with van der Waals surface area (Å²) in [7, 11) is -3.28. The van der Waals surface area contributed by atoms with Crippen LogP contribution in [0.1, 0.15) is 18.9 Å². The van der Waals surface area contributed by atoms with E-state index >= 15 is 0 Å². The van der Waals surface area contributed by atoms with Gasteiger partial charge in [0.25, 0.3) is 0 Å². The van der Waals surface area contributed by atoms with Crippen molar-refractivity contribution in [2.45, 2.75) is 20.3 Å². The van der Waals surface area contributed by atoms with Crippen molar-refractivity contribution in [3.63, 3.8) is 0 Å². The van der Waals surface area contributed by atoms with Gasteiger partial charge in [-0.3, -0.25) is 4.72 Å². The molecule has 2 aromatic rings. The number of nitrogens with one attached hydrogen (secondary N) is 2. The van der Waals surface area contributed by atoms with E-state index in [1.165, 1.54) is 6.20 Å². The highest BCUT2D eigenvalue weighted by molar-refractivity contribution is 9.10. The van der Waals surface area contributed by atoms with Crippen LogP contribution in [0.4, 0.5) is 17.2 Å². The molecule has 0 aliphatic heterocycles. The number of hydrogen-bond donors (Lipinski definition) is 2. The maximum absolute atomic E-state index is 11.7. The van der Waals surface area contributed by atoms with Crippen molar-refractivity contribution in [2.75, 3.05) is 15.8 Å². The Bertz CT molecular complexity index is 746. The van der Waals surface area contributed by atoms with Gasteiger partial charge in [-0.15, -0.1) is 0 Å². The number of halogens is 1. The standard InChI is InChI=1S/C15H18BrN3O2S/c1-3-8-22(20,21)19-13-5-7-15(17-10-13)18-14-6-4-12(16)9-11(14)2/h4-7,9-10,19H,3,8H2,1-2H3,(H,17,18). The number of aromatic nitrogens is 1. The summed E-state index contributed by atoms with van der Waals surface area (Å²) in [4.78, 5) is 4.23. The van der Waals surface area contributed by atoms with Crippen LogP contribution in [-0.2, 0) is 10.0 Å². The molecule has 0 radical (unpaired) electrons. The average molecular weight is 384 g/mol. The number of sulfonamides is 1. The van der Waals surface area contributed by atoms with Gasteiger partial charge in [0.1, 0.15) is 5.82 Å². The van der Waals surface area contributed by atoms with E-state index in [0.29, 0.717) is 17.9 Å². The molecule has 0 saturated heterocycles. The Labute approximate surface area is 139 Å². The third-order valence-corrected chi connectivity index (χ3v) is 4.95. The third kappa shape index (κ3) is 4.71. The Morgan fingerprint density at radius 3 is 2.59 bits per heavy atom. The largest absolute Gasteiger partial charge is 0.340 e. The summed E-state index contributed by atoms with van der Waals surface area (Å²) in [6, 6.07) is 9.35. The number of hydrogen-bond acceptors (Lipinski definition) is 4. The predicted molar refractivity (Wildman–Crippen MR) is 94.1 cm³/mol. The summed E-state index contributed by atoms with van der Waals surface area (Å²) in [5, 5.41) is 3.21. The van der Waals surface area contributed by atoms with Crippen LogP contribution in [0.5, 0.6) is 0 Å². The fourth-order valence-corrected chi connectivity index (χ4v) is 3.53. The van der Waals surface area contributed by atoms with E-state index in [1.54, 1.807) is 12.1 Å². The van der Waals surface area contributed by atoms with Crippen LogP contribution < -0.4 is 10.0 Å². The molecular formula is C15H18BrN3O2S. The summed E-state index contributed by atoms with van der Waals surface area (Å²) in [5.41, 5.74) is 2.51. The number of anilines is 3. The lowest BCUT2D eigenvalue weighted by atomic mass is 10.2. The Hall–Kier alpha value is -1.60. The monoisotopic (exact) mass is 383 g/mol. The molecule has 0 fully saturated rings. The van der Waals surface area contributed by atoms with Gasteiger partial charge in [0.15, 0.2) is 0 Å². The first kappa shape index (κ1) is 16.8. The van der Waals surface area contributed by atoms with Crippen molar-refractivity contribution in [3.05, 3.63) is 46.6 Å². The van der Waals surface area contributed by atoms with Gasteiger partial charge < -0.3 is 5.32 Å². The highest BCUT2D eigenvalue weighted by Crippen LogP contribution is 2.23. The lowest BCUT2D eigenvalue weighted by molar-refractivity contribution is 0.600. The molecule has 2 N–H and O–H groups in total. The maximum Gasteiger partial charge on any atom is 0.232 e. The predicted octanol–water partition coefficient (Wildman–Crippen LogP) is 4.05. The van der Waals surface area contributed by atoms with E-state index in [2.05, 4.69) is 31.0 Å². The number of aryl methyl sites for hydroxylation is 1. The van der Waals surface area contributed by atoms with Crippen LogP contribution in [0.2, 0.25) is 0 Å². The normalized spacial score (nSPS) is 11.2. The number of nitrogens with zero attached hydrogens (tertiary/aromatic N) is 1. The summed E-state index contributed by atoms with van der Waals surface area (Å²) < 4.78 is 26.9. The minimum absolute atomic E-state index is 0.102. The molecule has 22 heavy (non-hydrogen) atoms. The molecule has 0 amide bonds. The average Bonchev–Trinajstić information content (AvgIpc) is 2.43. The van der Waals surface area contributed by atoms with Crippen molar-refractivity contribution in [2.24, 2.45) is 0 Å². The zero-order valence-electron chi connectivity index (χ0n) is 12.4. The molecule has 7 heteroatoms. The van der Waals surface area contributed by atoms with E-state index in [0.717, 1.165) is 15.7 Å². The molecule has 1 aromatic carbocycles. The highest BCUT2D eigenvalue weighted by Gasteiger charge is 2.09. The fourth-order valence-electron chi connectivity index (χ4n) is 1.93. The van der Waals surface area contributed by atoms with Gasteiger partial charge in [0.05, 0.1) is 17.6 Å². The second-order valence-corrected chi connectivity index (χ2v) is 7.69. The van der Waals surface area contributed by atoms with Crippen molar-refractivity contribution >= 4 is 43.1 Å². The number of rotatable bonds is 6. The Morgan fingerprint density at radius 2 is 2.00 bits per heavy atom. The molecule has 2 rings (SSSR count). The first-order chi connectivity index (χ1) is 10.4. The molecule has 0 bridgehead atoms. The topological polar surface area (TPSA) is 71.1 Å². The van der Waals surface area contributed by atoms with E-state index in [9.17, 15) is 8.42 Å². The second-order valence-electron chi connectivity index (χ2n) is 4.94. The molecule has 0 unspecified atom stereocenters. The zero-order chi connectivity index (χ0) is 16.2. The lowest BCUT2D eigenvalue weighted by Crippen LogP contribution is -2.16. The van der Waals surface area contributed by atoms with Gasteiger partial charge in [0.2, 0.25) is 10.0 Å². The minimum atomic E-state index is -3.28. The van der Waals surface area contributed by atoms with Crippen molar-refractivity contribution in [1.82, 2.24) is 4.98 Å². The molecule has 5 nitrogen and oxygen atoms in total. The Balaban J connectivity index is 2.09. The van der Waals surface area contributed by atoms with Crippen LogP contribution >= 0.6 is 15.9 Å². The van der Waals surface area contributed by atoms with Gasteiger partial charge in [-0.2, -0.15) is 0 Å². The van der Waals surface area contributed by atoms with Crippen molar-refractivity contribution in [1.29, 1.82) is 0 Å². The van der Waals surface area contributed by atoms with E-state index < -0.39 is 10.0 Å². The van der Waals surface area contributed by atoms with Crippen LogP contribution in [0.3, 0.4) is 0 Å². The number of benzene rings is 1. The molecule has 0 atom stereocenters. The molecule has 1 aromatic heterocycles. The van der Waals surface area contributed by atoms with Crippen LogP contribution in [0.15, 0.2) is 41.0 Å². The first-order valence-electron chi connectivity index (χ1n) is 6.89. The summed E-state index contributed by atoms with van der Waals surface area (Å²) in [6.45, 7) is 3.82. The Morgan fingerprint density at radius 1 is 1.23 bits per heavy atom. The lowest BCUT2D eigenvalue weighted by Gasteiger charge is -2.10. The van der Waals surface area contributed by atoms with Gasteiger partial charge in [-0.05, 0) is 49.2 Å². The van der Waals surface area contributed by atoms with Crippen LogP contribution in [0.25, 0.3) is 0 Å². The van der Waals surface area contributed by atoms with E-state index in [4.69, 9.17) is 0 Å². The second kappa shape index (κ2) is 7.11. The summed E-state index contributed by atoms with van der Waals surface area (Å²) >= 11 is 3.42. The van der Waals surface area contributed by atoms with Crippen LogP contribution in [0, 0.1) is 6.92 Å². The Kier molecular flexibility index (Phi) is 5.42. The molecule has 0 spiro atoms. The summed E-state index contributed by atoms with van der Waals surface area (Å²) in [6.07, 6.45) is 2.08. The molecule has 118 valence electrons. The molecule has 0 aliphatic carbocycles. The third-order valence-electron chi connectivity index (χ3n) is 2.96. The molecule has 0 aliphatic rings. The highest BCUT2D eigenvalue weighted by atomic mass is 79.9. The summed E-state index contributed by atoms with van der Waals surface area (Å²) in [5.74, 6) is 0.759. The molecule has 1 heterocycles.